The Labute approximate surface area is 208 Å². The molecule has 0 aliphatic carbocycles. The summed E-state index contributed by atoms with van der Waals surface area (Å²) < 4.78 is 6.99. The van der Waals surface area contributed by atoms with Gasteiger partial charge < -0.3 is 15.1 Å². The Balaban J connectivity index is 1.43. The summed E-state index contributed by atoms with van der Waals surface area (Å²) in [5, 5.41) is 11.3. The molecule has 0 fully saturated rings. The lowest BCUT2D eigenvalue weighted by Crippen LogP contribution is -2.34. The summed E-state index contributed by atoms with van der Waals surface area (Å²) in [7, 11) is 0. The van der Waals surface area contributed by atoms with Crippen molar-refractivity contribution < 1.29 is 14.0 Å². The van der Waals surface area contributed by atoms with Gasteiger partial charge in [-0.15, -0.1) is 0 Å². The minimum atomic E-state index is -0.363. The van der Waals surface area contributed by atoms with Crippen molar-refractivity contribution in [1.82, 2.24) is 20.1 Å². The molecule has 9 heteroatoms. The van der Waals surface area contributed by atoms with Crippen LogP contribution >= 0.6 is 0 Å². The highest BCUT2D eigenvalue weighted by molar-refractivity contribution is 5.91. The zero-order chi connectivity index (χ0) is 25.8. The highest BCUT2D eigenvalue weighted by Gasteiger charge is 2.15. The van der Waals surface area contributed by atoms with Crippen LogP contribution in [0.5, 0.6) is 0 Å². The number of nitrogens with zero attached hydrogens (tertiary/aromatic N) is 3. The lowest BCUT2D eigenvalue weighted by Gasteiger charge is -2.09. The fourth-order valence-electron chi connectivity index (χ4n) is 3.91. The second-order valence-corrected chi connectivity index (χ2v) is 9.12. The largest absolute Gasteiger partial charge is 0.441 e. The van der Waals surface area contributed by atoms with E-state index in [1.165, 1.54) is 4.68 Å². The van der Waals surface area contributed by atoms with Crippen LogP contribution in [0.25, 0.3) is 22.2 Å². The Morgan fingerprint density at radius 3 is 2.53 bits per heavy atom. The molecule has 0 aliphatic rings. The molecule has 0 unspecified atom stereocenters. The smallest absolute Gasteiger partial charge is 0.275 e. The van der Waals surface area contributed by atoms with Crippen LogP contribution < -0.4 is 16.2 Å². The summed E-state index contributed by atoms with van der Waals surface area (Å²) in [5.41, 5.74) is 2.31. The molecule has 0 saturated carbocycles. The minimum absolute atomic E-state index is 0.0515. The number of hydrogen-bond acceptors (Lipinski definition) is 6. The zero-order valence-electron chi connectivity index (χ0n) is 20.8. The van der Waals surface area contributed by atoms with Crippen molar-refractivity contribution in [3.63, 3.8) is 0 Å². The maximum absolute atomic E-state index is 12.7. The maximum Gasteiger partial charge on any atom is 0.275 e. The summed E-state index contributed by atoms with van der Waals surface area (Å²) in [6.07, 6.45) is 0.437. The average molecular weight is 488 g/mol. The van der Waals surface area contributed by atoms with E-state index in [1.54, 1.807) is 32.0 Å². The molecule has 36 heavy (non-hydrogen) atoms. The van der Waals surface area contributed by atoms with Crippen molar-refractivity contribution in [3.8, 4) is 11.5 Å². The molecule has 9 nitrogen and oxygen atoms in total. The molecule has 4 aromatic rings. The number of aryl methyl sites for hydroxylation is 2. The number of fused-ring (bicyclic) bond motifs is 1. The van der Waals surface area contributed by atoms with Crippen molar-refractivity contribution in [3.05, 3.63) is 76.0 Å². The number of hydrogen-bond donors (Lipinski definition) is 2. The minimum Gasteiger partial charge on any atom is -0.441 e. The van der Waals surface area contributed by atoms with Crippen molar-refractivity contribution in [2.45, 2.75) is 47.2 Å². The lowest BCUT2D eigenvalue weighted by atomic mass is 10.1. The third-order valence-electron chi connectivity index (χ3n) is 5.68. The number of carbonyl (C=O) groups excluding carboxylic acids is 2. The maximum atomic E-state index is 12.7. The van der Waals surface area contributed by atoms with Gasteiger partial charge in [-0.1, -0.05) is 38.1 Å². The lowest BCUT2D eigenvalue weighted by molar-refractivity contribution is -0.122. The number of benzene rings is 2. The standard InChI is InChI=1S/C27H29N5O4/c1-16(2)12-24(33)29-20-9-7-8-19(13-20)26-30-23(18(4)36-26)14-28-25(34)15-32-27(35)22-11-6-5-10-21(22)17(3)31-32/h5-11,13,16H,12,14-15H2,1-4H3,(H,28,34)(H,29,33). The van der Waals surface area contributed by atoms with Crippen LogP contribution in [0, 0.1) is 19.8 Å². The predicted molar refractivity (Wildman–Crippen MR) is 137 cm³/mol. The molecule has 0 bridgehead atoms. The van der Waals surface area contributed by atoms with Gasteiger partial charge in [0, 0.05) is 23.1 Å². The second-order valence-electron chi connectivity index (χ2n) is 9.12. The first-order valence-electron chi connectivity index (χ1n) is 11.8. The summed E-state index contributed by atoms with van der Waals surface area (Å²) >= 11 is 0. The van der Waals surface area contributed by atoms with Crippen LogP contribution in [0.4, 0.5) is 5.69 Å². The number of oxazole rings is 1. The molecule has 2 amide bonds. The number of amides is 2. The van der Waals surface area contributed by atoms with E-state index in [9.17, 15) is 14.4 Å². The molecule has 0 aliphatic heterocycles. The van der Waals surface area contributed by atoms with E-state index in [0.29, 0.717) is 46.1 Å². The van der Waals surface area contributed by atoms with Crippen LogP contribution in [0.15, 0.2) is 57.7 Å². The Kier molecular flexibility index (Phi) is 7.28. The van der Waals surface area contributed by atoms with Gasteiger partial charge in [-0.05, 0) is 44.0 Å². The number of carbonyl (C=O) groups is 2. The number of anilines is 1. The third-order valence-corrected chi connectivity index (χ3v) is 5.68. The van der Waals surface area contributed by atoms with Gasteiger partial charge in [0.05, 0.1) is 17.6 Å². The topological polar surface area (TPSA) is 119 Å². The van der Waals surface area contributed by atoms with Gasteiger partial charge in [0.2, 0.25) is 17.7 Å². The first-order chi connectivity index (χ1) is 17.2. The van der Waals surface area contributed by atoms with Crippen LogP contribution in [0.1, 0.15) is 37.4 Å². The SMILES string of the molecule is Cc1oc(-c2cccc(NC(=O)CC(C)C)c2)nc1CNC(=O)Cn1nc(C)c2ccccc2c1=O. The molecular formula is C27H29N5O4. The molecule has 2 aromatic carbocycles. The summed E-state index contributed by atoms with van der Waals surface area (Å²) in [6, 6.07) is 14.5. The normalized spacial score (nSPS) is 11.1. The predicted octanol–water partition coefficient (Wildman–Crippen LogP) is 3.97. The molecule has 0 spiro atoms. The van der Waals surface area contributed by atoms with Crippen LogP contribution in [-0.2, 0) is 22.7 Å². The Morgan fingerprint density at radius 2 is 1.78 bits per heavy atom. The second kappa shape index (κ2) is 10.6. The Morgan fingerprint density at radius 1 is 1.03 bits per heavy atom. The van der Waals surface area contributed by atoms with Gasteiger partial charge in [-0.2, -0.15) is 5.10 Å². The van der Waals surface area contributed by atoms with Crippen molar-refractivity contribution in [1.29, 1.82) is 0 Å². The van der Waals surface area contributed by atoms with Gasteiger partial charge in [-0.25, -0.2) is 9.67 Å². The van der Waals surface area contributed by atoms with Crippen LogP contribution in [0.2, 0.25) is 0 Å². The van der Waals surface area contributed by atoms with E-state index in [1.807, 2.05) is 44.2 Å². The molecule has 2 heterocycles. The number of nitrogens with one attached hydrogen (secondary N) is 2. The molecule has 2 aromatic heterocycles. The molecule has 0 saturated heterocycles. The van der Waals surface area contributed by atoms with E-state index < -0.39 is 0 Å². The Bertz CT molecular complexity index is 1490. The molecule has 186 valence electrons. The van der Waals surface area contributed by atoms with E-state index in [0.717, 1.165) is 5.39 Å². The molecule has 2 N–H and O–H groups in total. The van der Waals surface area contributed by atoms with E-state index in [-0.39, 0.29) is 36.4 Å². The third kappa shape index (κ3) is 5.68. The van der Waals surface area contributed by atoms with Crippen molar-refractivity contribution in [2.24, 2.45) is 5.92 Å². The van der Waals surface area contributed by atoms with E-state index in [2.05, 4.69) is 20.7 Å². The molecule has 0 atom stereocenters. The van der Waals surface area contributed by atoms with Gasteiger partial charge in [0.1, 0.15) is 18.0 Å². The first-order valence-corrected chi connectivity index (χ1v) is 11.8. The highest BCUT2D eigenvalue weighted by atomic mass is 16.4. The van der Waals surface area contributed by atoms with Crippen LogP contribution in [0.3, 0.4) is 0 Å². The van der Waals surface area contributed by atoms with Crippen molar-refractivity contribution >= 4 is 28.3 Å². The molecule has 4 rings (SSSR count). The average Bonchev–Trinajstić information content (AvgIpc) is 3.21. The van der Waals surface area contributed by atoms with Gasteiger partial charge in [-0.3, -0.25) is 14.4 Å². The van der Waals surface area contributed by atoms with Gasteiger partial charge in [0.25, 0.3) is 5.56 Å². The number of rotatable bonds is 8. The van der Waals surface area contributed by atoms with Crippen molar-refractivity contribution in [2.75, 3.05) is 5.32 Å². The Hall–Kier alpha value is -4.27. The van der Waals surface area contributed by atoms with Gasteiger partial charge in [0.15, 0.2) is 0 Å². The summed E-state index contributed by atoms with van der Waals surface area (Å²) in [4.78, 5) is 41.9. The monoisotopic (exact) mass is 487 g/mol. The summed E-state index contributed by atoms with van der Waals surface area (Å²) in [5.74, 6) is 0.804. The quantitative estimate of drug-likeness (QED) is 0.388. The first kappa shape index (κ1) is 24.8. The fourth-order valence-corrected chi connectivity index (χ4v) is 3.91. The molecular weight excluding hydrogens is 458 g/mol. The number of aromatic nitrogens is 3. The van der Waals surface area contributed by atoms with E-state index in [4.69, 9.17) is 4.42 Å². The van der Waals surface area contributed by atoms with Gasteiger partial charge >= 0.3 is 0 Å². The van der Waals surface area contributed by atoms with Crippen LogP contribution in [-0.4, -0.2) is 26.6 Å². The van der Waals surface area contributed by atoms with E-state index >= 15 is 0 Å². The fraction of sp³-hybridized carbons (Fsp3) is 0.296. The molecule has 0 radical (unpaired) electrons. The summed E-state index contributed by atoms with van der Waals surface area (Å²) in [6.45, 7) is 7.49. The highest BCUT2D eigenvalue weighted by Crippen LogP contribution is 2.24. The zero-order valence-corrected chi connectivity index (χ0v) is 20.8.